The highest BCUT2D eigenvalue weighted by atomic mass is 32.1. The van der Waals surface area contributed by atoms with Crippen LogP contribution >= 0.6 is 12.6 Å². The Labute approximate surface area is 110 Å². The van der Waals surface area contributed by atoms with E-state index in [1.807, 2.05) is 0 Å². The minimum atomic E-state index is 0.696. The van der Waals surface area contributed by atoms with Crippen molar-refractivity contribution in [2.45, 2.75) is 6.92 Å². The van der Waals surface area contributed by atoms with Gasteiger partial charge in [0, 0.05) is 38.4 Å². The second kappa shape index (κ2) is 6.31. The Bertz CT molecular complexity index is 320. The van der Waals surface area contributed by atoms with Crippen LogP contribution in [0.4, 0.5) is 5.69 Å². The quantitative estimate of drug-likeness (QED) is 0.820. The molecule has 0 radical (unpaired) electrons. The van der Waals surface area contributed by atoms with Gasteiger partial charge < -0.3 is 4.90 Å². The number of anilines is 1. The molecule has 0 aliphatic carbocycles. The fourth-order valence-corrected chi connectivity index (χ4v) is 2.44. The van der Waals surface area contributed by atoms with Gasteiger partial charge in [0.15, 0.2) is 0 Å². The van der Waals surface area contributed by atoms with E-state index in [9.17, 15) is 0 Å². The smallest absolute Gasteiger partial charge is 0.0367 e. The molecule has 1 fully saturated rings. The van der Waals surface area contributed by atoms with Gasteiger partial charge in [0.25, 0.3) is 0 Å². The zero-order valence-corrected chi connectivity index (χ0v) is 11.4. The van der Waals surface area contributed by atoms with Gasteiger partial charge in [-0.05, 0) is 23.8 Å². The van der Waals surface area contributed by atoms with Crippen molar-refractivity contribution in [1.29, 1.82) is 0 Å². The molecule has 0 N–H and O–H groups in total. The molecule has 0 spiro atoms. The molecule has 94 valence electrons. The van der Waals surface area contributed by atoms with Gasteiger partial charge in [0.05, 0.1) is 0 Å². The largest absolute Gasteiger partial charge is 0.369 e. The van der Waals surface area contributed by atoms with Crippen molar-refractivity contribution < 1.29 is 0 Å². The Morgan fingerprint density at radius 3 is 2.35 bits per heavy atom. The van der Waals surface area contributed by atoms with Crippen molar-refractivity contribution in [3.05, 3.63) is 30.3 Å². The first-order chi connectivity index (χ1) is 8.29. The first-order valence-corrected chi connectivity index (χ1v) is 7.06. The van der Waals surface area contributed by atoms with Gasteiger partial charge in [0.1, 0.15) is 0 Å². The normalized spacial score (nSPS) is 19.3. The first kappa shape index (κ1) is 12.8. The highest BCUT2D eigenvalue weighted by Gasteiger charge is 2.17. The van der Waals surface area contributed by atoms with Crippen molar-refractivity contribution in [2.75, 3.05) is 43.4 Å². The molecule has 1 aliphatic rings. The summed E-state index contributed by atoms with van der Waals surface area (Å²) in [7, 11) is 0. The minimum absolute atomic E-state index is 0.696. The lowest BCUT2D eigenvalue weighted by Gasteiger charge is -2.37. The van der Waals surface area contributed by atoms with Gasteiger partial charge in [-0.2, -0.15) is 12.6 Å². The van der Waals surface area contributed by atoms with Gasteiger partial charge in [-0.25, -0.2) is 0 Å². The topological polar surface area (TPSA) is 6.48 Å². The number of nitrogens with zero attached hydrogens (tertiary/aromatic N) is 2. The molecule has 3 heteroatoms. The fraction of sp³-hybridized carbons (Fsp3) is 0.571. The lowest BCUT2D eigenvalue weighted by atomic mass is 10.2. The maximum Gasteiger partial charge on any atom is 0.0367 e. The van der Waals surface area contributed by atoms with Crippen LogP contribution in [0.2, 0.25) is 0 Å². The number of para-hydroxylation sites is 1. The molecule has 1 unspecified atom stereocenters. The van der Waals surface area contributed by atoms with Crippen LogP contribution < -0.4 is 4.90 Å². The average molecular weight is 250 g/mol. The summed E-state index contributed by atoms with van der Waals surface area (Å²) < 4.78 is 0. The van der Waals surface area contributed by atoms with Gasteiger partial charge in [-0.1, -0.05) is 25.1 Å². The molecular weight excluding hydrogens is 228 g/mol. The van der Waals surface area contributed by atoms with Crippen LogP contribution in [0.25, 0.3) is 0 Å². The molecule has 1 atom stereocenters. The predicted molar refractivity (Wildman–Crippen MR) is 78.1 cm³/mol. The van der Waals surface area contributed by atoms with E-state index in [0.29, 0.717) is 5.92 Å². The number of hydrogen-bond donors (Lipinski definition) is 1. The van der Waals surface area contributed by atoms with Crippen LogP contribution in [0.15, 0.2) is 30.3 Å². The molecule has 0 bridgehead atoms. The first-order valence-electron chi connectivity index (χ1n) is 6.43. The van der Waals surface area contributed by atoms with E-state index in [1.165, 1.54) is 25.3 Å². The summed E-state index contributed by atoms with van der Waals surface area (Å²) >= 11 is 4.35. The van der Waals surface area contributed by atoms with Gasteiger partial charge in [0.2, 0.25) is 0 Å². The molecule has 2 nitrogen and oxygen atoms in total. The van der Waals surface area contributed by atoms with Crippen LogP contribution in [-0.4, -0.2) is 43.4 Å². The summed E-state index contributed by atoms with van der Waals surface area (Å²) in [6.07, 6.45) is 0. The maximum absolute atomic E-state index is 4.35. The third-order valence-corrected chi connectivity index (χ3v) is 4.00. The van der Waals surface area contributed by atoms with E-state index in [1.54, 1.807) is 0 Å². The summed E-state index contributed by atoms with van der Waals surface area (Å²) in [5, 5.41) is 0. The molecule has 2 rings (SSSR count). The molecule has 0 aromatic heterocycles. The lowest BCUT2D eigenvalue weighted by molar-refractivity contribution is 0.233. The second-order valence-corrected chi connectivity index (χ2v) is 5.28. The van der Waals surface area contributed by atoms with E-state index in [2.05, 4.69) is 59.7 Å². The Hall–Kier alpha value is -0.670. The van der Waals surface area contributed by atoms with Crippen molar-refractivity contribution >= 4 is 18.3 Å². The van der Waals surface area contributed by atoms with Crippen LogP contribution in [0, 0.1) is 5.92 Å². The number of rotatable bonds is 4. The third kappa shape index (κ3) is 3.65. The van der Waals surface area contributed by atoms with Crippen LogP contribution in [-0.2, 0) is 0 Å². The maximum atomic E-state index is 4.35. The Kier molecular flexibility index (Phi) is 4.75. The van der Waals surface area contributed by atoms with Crippen molar-refractivity contribution in [1.82, 2.24) is 4.90 Å². The molecular formula is C14H22N2S. The van der Waals surface area contributed by atoms with Gasteiger partial charge >= 0.3 is 0 Å². The standard InChI is InChI=1S/C14H22N2S/c1-13(12-17)11-15-7-9-16(10-8-15)14-5-3-2-4-6-14/h2-6,13,17H,7-12H2,1H3. The molecule has 1 heterocycles. The molecule has 1 saturated heterocycles. The van der Waals surface area contributed by atoms with E-state index in [-0.39, 0.29) is 0 Å². The molecule has 17 heavy (non-hydrogen) atoms. The monoisotopic (exact) mass is 250 g/mol. The number of thiol groups is 1. The Morgan fingerprint density at radius 2 is 1.76 bits per heavy atom. The van der Waals surface area contributed by atoms with Crippen molar-refractivity contribution in [3.63, 3.8) is 0 Å². The molecule has 0 amide bonds. The lowest BCUT2D eigenvalue weighted by Crippen LogP contribution is -2.47. The van der Waals surface area contributed by atoms with Crippen LogP contribution in [0.5, 0.6) is 0 Å². The Balaban J connectivity index is 1.82. The number of piperazine rings is 1. The van der Waals surface area contributed by atoms with Gasteiger partial charge in [-0.3, -0.25) is 4.90 Å². The Morgan fingerprint density at radius 1 is 1.12 bits per heavy atom. The van der Waals surface area contributed by atoms with E-state index in [0.717, 1.165) is 18.8 Å². The number of hydrogen-bond acceptors (Lipinski definition) is 3. The van der Waals surface area contributed by atoms with Crippen LogP contribution in [0.3, 0.4) is 0 Å². The van der Waals surface area contributed by atoms with E-state index < -0.39 is 0 Å². The van der Waals surface area contributed by atoms with Crippen molar-refractivity contribution in [2.24, 2.45) is 5.92 Å². The zero-order valence-electron chi connectivity index (χ0n) is 10.5. The fourth-order valence-electron chi connectivity index (χ4n) is 2.33. The molecule has 1 aromatic carbocycles. The van der Waals surface area contributed by atoms with Crippen LogP contribution in [0.1, 0.15) is 6.92 Å². The summed E-state index contributed by atoms with van der Waals surface area (Å²) in [5.41, 5.74) is 1.36. The predicted octanol–water partition coefficient (Wildman–Crippen LogP) is 2.37. The van der Waals surface area contributed by atoms with Crippen molar-refractivity contribution in [3.8, 4) is 0 Å². The second-order valence-electron chi connectivity index (χ2n) is 4.91. The third-order valence-electron chi connectivity index (χ3n) is 3.38. The molecule has 1 aromatic rings. The number of benzene rings is 1. The average Bonchev–Trinajstić information content (AvgIpc) is 2.40. The summed E-state index contributed by atoms with van der Waals surface area (Å²) in [6, 6.07) is 10.7. The molecule has 1 aliphatic heterocycles. The molecule has 0 saturated carbocycles. The minimum Gasteiger partial charge on any atom is -0.369 e. The highest BCUT2D eigenvalue weighted by Crippen LogP contribution is 2.16. The van der Waals surface area contributed by atoms with E-state index >= 15 is 0 Å². The van der Waals surface area contributed by atoms with Gasteiger partial charge in [-0.15, -0.1) is 0 Å². The summed E-state index contributed by atoms with van der Waals surface area (Å²) in [4.78, 5) is 5.03. The SMILES string of the molecule is CC(CS)CN1CCN(c2ccccc2)CC1. The highest BCUT2D eigenvalue weighted by molar-refractivity contribution is 7.80. The zero-order chi connectivity index (χ0) is 12.1. The van der Waals surface area contributed by atoms with E-state index in [4.69, 9.17) is 0 Å². The summed E-state index contributed by atoms with van der Waals surface area (Å²) in [6.45, 7) is 8.09. The summed E-state index contributed by atoms with van der Waals surface area (Å²) in [5.74, 6) is 1.68.